The molecule has 4 nitrogen and oxygen atoms in total. The van der Waals surface area contributed by atoms with Crippen molar-refractivity contribution in [3.05, 3.63) is 65.2 Å². The minimum Gasteiger partial charge on any atom is -0.497 e. The third-order valence-electron chi connectivity index (χ3n) is 6.46. The number of alkyl halides is 6. The van der Waals surface area contributed by atoms with Crippen molar-refractivity contribution >= 4 is 5.70 Å². The molecule has 3 rings (SSSR count). The van der Waals surface area contributed by atoms with Crippen molar-refractivity contribution in [1.82, 2.24) is 10.6 Å². The lowest BCUT2D eigenvalue weighted by atomic mass is 9.85. The first kappa shape index (κ1) is 27.7. The van der Waals surface area contributed by atoms with Crippen LogP contribution in [0.25, 0.3) is 5.70 Å². The molecule has 0 aromatic heterocycles. The Balaban J connectivity index is 1.52. The number of ether oxygens (including phenoxy) is 2. The smallest absolute Gasteiger partial charge is 0.416 e. The lowest BCUT2D eigenvalue weighted by Crippen LogP contribution is -2.35. The van der Waals surface area contributed by atoms with E-state index in [9.17, 15) is 26.3 Å². The fraction of sp³-hybridized carbons (Fsp3) is 0.462. The highest BCUT2D eigenvalue weighted by Gasteiger charge is 2.37. The lowest BCUT2D eigenvalue weighted by molar-refractivity contribution is -0.143. The Morgan fingerprint density at radius 2 is 1.50 bits per heavy atom. The van der Waals surface area contributed by atoms with Crippen LogP contribution < -0.4 is 20.1 Å². The van der Waals surface area contributed by atoms with Crippen LogP contribution in [0.15, 0.2) is 43.0 Å². The molecule has 0 heterocycles. The summed E-state index contributed by atoms with van der Waals surface area (Å²) in [6.45, 7) is 4.74. The topological polar surface area (TPSA) is 42.5 Å². The fourth-order valence-corrected chi connectivity index (χ4v) is 4.32. The molecule has 0 bridgehead atoms. The SMILES string of the molecule is C=C(NCC1CCC(NCc2ccc(OC)cc2OC)CC1)c1cc(C(F)(F)F)cc(C(F)(F)F)c1. The minimum absolute atomic E-state index is 0.0402. The van der Waals surface area contributed by atoms with Gasteiger partial charge in [-0.25, -0.2) is 0 Å². The molecule has 0 amide bonds. The zero-order valence-electron chi connectivity index (χ0n) is 20.2. The van der Waals surface area contributed by atoms with E-state index < -0.39 is 23.5 Å². The molecular formula is C26H30F6N2O2. The number of hydrogen-bond donors (Lipinski definition) is 2. The zero-order valence-corrected chi connectivity index (χ0v) is 20.2. The van der Waals surface area contributed by atoms with Crippen molar-refractivity contribution < 1.29 is 35.8 Å². The molecule has 0 unspecified atom stereocenters. The molecule has 1 fully saturated rings. The van der Waals surface area contributed by atoms with E-state index >= 15 is 0 Å². The van der Waals surface area contributed by atoms with E-state index in [4.69, 9.17) is 9.47 Å². The molecule has 2 aromatic carbocycles. The van der Waals surface area contributed by atoms with Gasteiger partial charge in [0.05, 0.1) is 25.3 Å². The van der Waals surface area contributed by atoms with Crippen LogP contribution >= 0.6 is 0 Å². The van der Waals surface area contributed by atoms with Crippen LogP contribution in [0.2, 0.25) is 0 Å². The third-order valence-corrected chi connectivity index (χ3v) is 6.46. The van der Waals surface area contributed by atoms with Gasteiger partial charge in [0.1, 0.15) is 11.5 Å². The van der Waals surface area contributed by atoms with Crippen LogP contribution in [-0.2, 0) is 18.9 Å². The molecule has 1 saturated carbocycles. The summed E-state index contributed by atoms with van der Waals surface area (Å²) < 4.78 is 89.4. The number of nitrogens with one attached hydrogen (secondary N) is 2. The fourth-order valence-electron chi connectivity index (χ4n) is 4.32. The second kappa shape index (κ2) is 11.5. The molecule has 2 N–H and O–H groups in total. The van der Waals surface area contributed by atoms with Crippen molar-refractivity contribution in [3.8, 4) is 11.5 Å². The summed E-state index contributed by atoms with van der Waals surface area (Å²) in [5.74, 6) is 1.69. The Labute approximate surface area is 206 Å². The van der Waals surface area contributed by atoms with Crippen LogP contribution in [-0.4, -0.2) is 26.8 Å². The second-order valence-corrected chi connectivity index (χ2v) is 8.93. The second-order valence-electron chi connectivity index (χ2n) is 8.93. The molecular weight excluding hydrogens is 486 g/mol. The Morgan fingerprint density at radius 3 is 2.03 bits per heavy atom. The maximum atomic E-state index is 13.1. The molecule has 1 aliphatic rings. The molecule has 0 radical (unpaired) electrons. The van der Waals surface area contributed by atoms with E-state index in [1.54, 1.807) is 14.2 Å². The number of hydrogen-bond acceptors (Lipinski definition) is 4. The third kappa shape index (κ3) is 7.32. The van der Waals surface area contributed by atoms with Crippen LogP contribution in [0, 0.1) is 5.92 Å². The lowest BCUT2D eigenvalue weighted by Gasteiger charge is -2.30. The van der Waals surface area contributed by atoms with Gasteiger partial charge in [-0.2, -0.15) is 26.3 Å². The molecule has 36 heavy (non-hydrogen) atoms. The molecule has 0 spiro atoms. The number of benzene rings is 2. The molecule has 0 saturated heterocycles. The van der Waals surface area contributed by atoms with Gasteiger partial charge in [0, 0.05) is 36.5 Å². The largest absolute Gasteiger partial charge is 0.497 e. The van der Waals surface area contributed by atoms with Gasteiger partial charge >= 0.3 is 12.4 Å². The summed E-state index contributed by atoms with van der Waals surface area (Å²) in [5, 5.41) is 6.48. The highest BCUT2D eigenvalue weighted by Crippen LogP contribution is 2.37. The first-order chi connectivity index (χ1) is 16.9. The summed E-state index contributed by atoms with van der Waals surface area (Å²) >= 11 is 0. The van der Waals surface area contributed by atoms with Crippen molar-refractivity contribution in [2.45, 2.75) is 50.6 Å². The summed E-state index contributed by atoms with van der Waals surface area (Å²) in [6.07, 6.45) is -6.24. The Bertz CT molecular complexity index is 1010. The van der Waals surface area contributed by atoms with Crippen molar-refractivity contribution in [3.63, 3.8) is 0 Å². The van der Waals surface area contributed by atoms with E-state index in [1.165, 1.54) is 0 Å². The molecule has 1 aliphatic carbocycles. The number of halogens is 6. The first-order valence-electron chi connectivity index (χ1n) is 11.6. The van der Waals surface area contributed by atoms with Crippen LogP contribution in [0.3, 0.4) is 0 Å². The first-order valence-corrected chi connectivity index (χ1v) is 11.6. The highest BCUT2D eigenvalue weighted by molar-refractivity contribution is 5.63. The molecule has 2 aromatic rings. The highest BCUT2D eigenvalue weighted by atomic mass is 19.4. The van der Waals surface area contributed by atoms with E-state index in [1.807, 2.05) is 18.2 Å². The Morgan fingerprint density at radius 1 is 0.889 bits per heavy atom. The maximum absolute atomic E-state index is 13.1. The quantitative estimate of drug-likeness (QED) is 0.366. The minimum atomic E-state index is -4.89. The predicted molar refractivity (Wildman–Crippen MR) is 126 cm³/mol. The average Bonchev–Trinajstić information content (AvgIpc) is 2.85. The molecule has 0 aliphatic heterocycles. The molecule has 198 valence electrons. The van der Waals surface area contributed by atoms with Gasteiger partial charge in [-0.05, 0) is 61.4 Å². The van der Waals surface area contributed by atoms with Crippen LogP contribution in [0.5, 0.6) is 11.5 Å². The summed E-state index contributed by atoms with van der Waals surface area (Å²) in [5.41, 5.74) is -1.87. The van der Waals surface area contributed by atoms with Crippen LogP contribution in [0.4, 0.5) is 26.3 Å². The monoisotopic (exact) mass is 516 g/mol. The van der Waals surface area contributed by atoms with Crippen LogP contribution in [0.1, 0.15) is 47.9 Å². The summed E-state index contributed by atoms with van der Waals surface area (Å²) in [6, 6.07) is 7.45. The van der Waals surface area contributed by atoms with E-state index in [0.717, 1.165) is 37.0 Å². The standard InChI is InChI=1S/C26H30F6N2O2/c1-16(19-10-20(25(27,28)29)12-21(11-19)26(30,31)32)33-14-17-4-7-22(8-5-17)34-15-18-6-9-23(35-2)13-24(18)36-3/h6,9-13,17,22,33-34H,1,4-5,7-8,14-15H2,2-3H3. The number of rotatable bonds is 9. The maximum Gasteiger partial charge on any atom is 0.416 e. The van der Waals surface area contributed by atoms with Gasteiger partial charge in [-0.1, -0.05) is 12.6 Å². The Kier molecular flexibility index (Phi) is 8.81. The van der Waals surface area contributed by atoms with Gasteiger partial charge in [0.2, 0.25) is 0 Å². The van der Waals surface area contributed by atoms with Crippen molar-refractivity contribution in [1.29, 1.82) is 0 Å². The zero-order chi connectivity index (χ0) is 26.5. The average molecular weight is 517 g/mol. The van der Waals surface area contributed by atoms with Gasteiger partial charge < -0.3 is 20.1 Å². The van der Waals surface area contributed by atoms with Crippen molar-refractivity contribution in [2.75, 3.05) is 20.8 Å². The van der Waals surface area contributed by atoms with E-state index in [-0.39, 0.29) is 23.2 Å². The van der Waals surface area contributed by atoms with Gasteiger partial charge in [0.15, 0.2) is 0 Å². The summed E-state index contributed by atoms with van der Waals surface area (Å²) in [7, 11) is 3.20. The predicted octanol–water partition coefficient (Wildman–Crippen LogP) is 6.65. The van der Waals surface area contributed by atoms with Crippen molar-refractivity contribution in [2.24, 2.45) is 5.92 Å². The Hall–Kier alpha value is -2.88. The normalized spacial score (nSPS) is 18.6. The summed E-state index contributed by atoms with van der Waals surface area (Å²) in [4.78, 5) is 0. The van der Waals surface area contributed by atoms with Gasteiger partial charge in [-0.15, -0.1) is 0 Å². The molecule has 10 heteroatoms. The van der Waals surface area contributed by atoms with Gasteiger partial charge in [-0.3, -0.25) is 0 Å². The van der Waals surface area contributed by atoms with E-state index in [2.05, 4.69) is 17.2 Å². The number of methoxy groups -OCH3 is 2. The van der Waals surface area contributed by atoms with E-state index in [0.29, 0.717) is 37.0 Å². The molecule has 0 atom stereocenters. The van der Waals surface area contributed by atoms with Gasteiger partial charge in [0.25, 0.3) is 0 Å².